The Kier molecular flexibility index (Phi) is 1.79. The molecule has 0 amide bonds. The molecule has 1 heteroatoms. The molecule has 1 aliphatic heterocycles. The van der Waals surface area contributed by atoms with Crippen LogP contribution in [0.25, 0.3) is 0 Å². The van der Waals surface area contributed by atoms with E-state index in [1.54, 1.807) is 0 Å². The third-order valence-corrected chi connectivity index (χ3v) is 4.95. The summed E-state index contributed by atoms with van der Waals surface area (Å²) in [4.78, 5) is 0. The molecule has 13 heavy (non-hydrogen) atoms. The predicted molar refractivity (Wildman–Crippen MR) is 57.3 cm³/mol. The third-order valence-electron chi connectivity index (χ3n) is 4.95. The fraction of sp³-hybridized carbons (Fsp3) is 1.00. The van der Waals surface area contributed by atoms with Crippen molar-refractivity contribution in [1.29, 1.82) is 0 Å². The van der Waals surface area contributed by atoms with Crippen LogP contribution >= 0.6 is 0 Å². The quantitative estimate of drug-likeness (QED) is 0.489. The van der Waals surface area contributed by atoms with Crippen molar-refractivity contribution in [1.82, 2.24) is 0 Å². The minimum atomic E-state index is 0.770. The number of hydrogen-bond donors (Lipinski definition) is 0. The molecule has 0 atom stereocenters. The van der Waals surface area contributed by atoms with Crippen LogP contribution in [0.1, 0.15) is 64.2 Å². The van der Waals surface area contributed by atoms with Crippen molar-refractivity contribution in [2.75, 3.05) is 0 Å². The van der Waals surface area contributed by atoms with Crippen molar-refractivity contribution in [2.45, 2.75) is 74.8 Å². The van der Waals surface area contributed by atoms with Gasteiger partial charge in [0.05, 0.1) is 0 Å². The summed E-state index contributed by atoms with van der Waals surface area (Å²) in [5.74, 6) is 0. The third kappa shape index (κ3) is 1.12. The van der Waals surface area contributed by atoms with Gasteiger partial charge in [0.25, 0.3) is 0 Å². The number of rotatable bonds is 0. The van der Waals surface area contributed by atoms with Crippen LogP contribution in [0, 0.1) is 0 Å². The van der Waals surface area contributed by atoms with Crippen molar-refractivity contribution in [2.24, 2.45) is 0 Å². The van der Waals surface area contributed by atoms with Crippen LogP contribution in [0.15, 0.2) is 0 Å². The van der Waals surface area contributed by atoms with Crippen LogP contribution in [0.5, 0.6) is 0 Å². The zero-order valence-electron chi connectivity index (χ0n) is 8.65. The summed E-state index contributed by atoms with van der Waals surface area (Å²) in [6.07, 6.45) is 15.2. The smallest absolute Gasteiger partial charge is 0.0584 e. The second-order valence-corrected chi connectivity index (χ2v) is 5.58. The first-order chi connectivity index (χ1) is 6.37. The molecule has 0 unspecified atom stereocenters. The van der Waals surface area contributed by atoms with E-state index in [1.165, 1.54) is 64.2 Å². The Balaban J connectivity index is 1.73. The fourth-order valence-electron chi connectivity index (χ4n) is 4.14. The van der Waals surface area contributed by atoms with E-state index in [-0.39, 0.29) is 0 Å². The second kappa shape index (κ2) is 2.78. The van der Waals surface area contributed by atoms with Gasteiger partial charge in [0.15, 0.2) is 0 Å². The summed E-state index contributed by atoms with van der Waals surface area (Å²) >= 11 is 0. The van der Waals surface area contributed by atoms with Crippen molar-refractivity contribution >= 4 is 7.28 Å². The Labute approximate surface area is 82.7 Å². The standard InChI is InChI=1S/C12H20B/c1-3-7-11(8-4-1)12(13-11)9-5-2-6-10-12/h1-10H2. The van der Waals surface area contributed by atoms with Gasteiger partial charge in [-0.05, 0) is 0 Å². The van der Waals surface area contributed by atoms with E-state index in [0.717, 1.165) is 10.6 Å². The highest BCUT2D eigenvalue weighted by Crippen LogP contribution is 2.80. The maximum Gasteiger partial charge on any atom is 0.125 e. The molecule has 0 aromatic heterocycles. The van der Waals surface area contributed by atoms with E-state index in [1.807, 2.05) is 0 Å². The van der Waals surface area contributed by atoms with E-state index in [9.17, 15) is 0 Å². The SMILES string of the molecule is [B]1C2(CCCCC2)C12CCCCC2. The van der Waals surface area contributed by atoms with Gasteiger partial charge < -0.3 is 0 Å². The molecule has 0 bridgehead atoms. The highest BCUT2D eigenvalue weighted by atomic mass is 14.6. The lowest BCUT2D eigenvalue weighted by atomic mass is 9.73. The second-order valence-electron chi connectivity index (χ2n) is 5.58. The van der Waals surface area contributed by atoms with Gasteiger partial charge in [0, 0.05) is 0 Å². The van der Waals surface area contributed by atoms with Gasteiger partial charge in [-0.25, -0.2) is 0 Å². The lowest BCUT2D eigenvalue weighted by Gasteiger charge is -2.33. The molecule has 0 nitrogen and oxygen atoms in total. The molecule has 0 N–H and O–H groups in total. The average Bonchev–Trinajstić information content (AvgIpc) is 2.74. The van der Waals surface area contributed by atoms with Crippen molar-refractivity contribution in [3.05, 3.63) is 0 Å². The molecule has 3 rings (SSSR count). The first kappa shape index (κ1) is 8.38. The Hall–Kier alpha value is 0.0649. The molecular weight excluding hydrogens is 155 g/mol. The molecule has 1 radical (unpaired) electrons. The first-order valence-corrected chi connectivity index (χ1v) is 6.24. The Bertz CT molecular complexity index is 175. The van der Waals surface area contributed by atoms with Gasteiger partial charge in [-0.3, -0.25) is 0 Å². The molecule has 3 aliphatic rings. The van der Waals surface area contributed by atoms with Crippen LogP contribution in [0.2, 0.25) is 10.6 Å². The van der Waals surface area contributed by atoms with E-state index < -0.39 is 0 Å². The maximum absolute atomic E-state index is 2.76. The first-order valence-electron chi connectivity index (χ1n) is 6.24. The van der Waals surface area contributed by atoms with Crippen LogP contribution in [0.3, 0.4) is 0 Å². The predicted octanol–water partition coefficient (Wildman–Crippen LogP) is 3.95. The van der Waals surface area contributed by atoms with E-state index in [0.29, 0.717) is 0 Å². The maximum atomic E-state index is 2.76. The minimum absolute atomic E-state index is 0.770. The highest BCUT2D eigenvalue weighted by Gasteiger charge is 2.65. The summed E-state index contributed by atoms with van der Waals surface area (Å²) in [5.41, 5.74) is 0. The van der Waals surface area contributed by atoms with Crippen LogP contribution in [-0.2, 0) is 0 Å². The summed E-state index contributed by atoms with van der Waals surface area (Å²) < 4.78 is 0. The van der Waals surface area contributed by atoms with Gasteiger partial charge in [-0.1, -0.05) is 74.8 Å². The zero-order valence-corrected chi connectivity index (χ0v) is 8.65. The van der Waals surface area contributed by atoms with Crippen LogP contribution in [-0.4, -0.2) is 7.28 Å². The van der Waals surface area contributed by atoms with Crippen molar-refractivity contribution in [3.63, 3.8) is 0 Å². The van der Waals surface area contributed by atoms with Crippen molar-refractivity contribution < 1.29 is 0 Å². The topological polar surface area (TPSA) is 0 Å². The monoisotopic (exact) mass is 175 g/mol. The molecule has 3 fully saturated rings. The van der Waals surface area contributed by atoms with Gasteiger partial charge >= 0.3 is 0 Å². The van der Waals surface area contributed by atoms with E-state index in [4.69, 9.17) is 0 Å². The van der Waals surface area contributed by atoms with Gasteiger partial charge in [0.1, 0.15) is 7.28 Å². The summed E-state index contributed by atoms with van der Waals surface area (Å²) in [6.45, 7) is 0. The molecule has 2 aliphatic carbocycles. The summed E-state index contributed by atoms with van der Waals surface area (Å²) in [6, 6.07) is 0. The van der Waals surface area contributed by atoms with Gasteiger partial charge in [0.2, 0.25) is 0 Å². The number of fused-ring (bicyclic) bond motifs is 1. The highest BCUT2D eigenvalue weighted by molar-refractivity contribution is 6.60. The molecule has 0 aromatic rings. The Morgan fingerprint density at radius 1 is 0.538 bits per heavy atom. The Morgan fingerprint density at radius 3 is 1.31 bits per heavy atom. The lowest BCUT2D eigenvalue weighted by Crippen LogP contribution is -2.10. The molecule has 1 saturated heterocycles. The molecule has 2 spiro atoms. The molecule has 0 aromatic carbocycles. The molecule has 71 valence electrons. The van der Waals surface area contributed by atoms with Gasteiger partial charge in [-0.2, -0.15) is 0 Å². The summed E-state index contributed by atoms with van der Waals surface area (Å²) in [7, 11) is 2.76. The molecule has 2 saturated carbocycles. The zero-order chi connectivity index (χ0) is 8.78. The van der Waals surface area contributed by atoms with Crippen LogP contribution < -0.4 is 0 Å². The minimum Gasteiger partial charge on any atom is -0.0584 e. The van der Waals surface area contributed by atoms with E-state index >= 15 is 0 Å². The normalized spacial score (nSPS) is 34.5. The largest absolute Gasteiger partial charge is 0.125 e. The fourth-order valence-corrected chi connectivity index (χ4v) is 4.14. The van der Waals surface area contributed by atoms with Crippen LogP contribution in [0.4, 0.5) is 0 Å². The molecule has 1 heterocycles. The van der Waals surface area contributed by atoms with Gasteiger partial charge in [-0.15, -0.1) is 0 Å². The number of hydrogen-bond acceptors (Lipinski definition) is 0. The van der Waals surface area contributed by atoms with Crippen molar-refractivity contribution in [3.8, 4) is 0 Å². The summed E-state index contributed by atoms with van der Waals surface area (Å²) in [5, 5.41) is 1.54. The van der Waals surface area contributed by atoms with E-state index in [2.05, 4.69) is 7.28 Å². The lowest BCUT2D eigenvalue weighted by molar-refractivity contribution is 0.300. The average molecular weight is 175 g/mol. The Morgan fingerprint density at radius 2 is 0.923 bits per heavy atom. The molecular formula is C12H20B.